The van der Waals surface area contributed by atoms with E-state index in [2.05, 4.69) is 15.2 Å². The average Bonchev–Trinajstić information content (AvgIpc) is 2.84. The van der Waals surface area contributed by atoms with E-state index < -0.39 is 5.82 Å². The van der Waals surface area contributed by atoms with E-state index in [4.69, 9.17) is 17.3 Å². The van der Waals surface area contributed by atoms with Gasteiger partial charge in [0.15, 0.2) is 11.6 Å². The molecule has 3 rings (SSSR count). The second-order valence-electron chi connectivity index (χ2n) is 4.18. The number of halogens is 2. The minimum Gasteiger partial charge on any atom is -0.382 e. The van der Waals surface area contributed by atoms with Gasteiger partial charge in [0.05, 0.1) is 22.0 Å². The highest BCUT2D eigenvalue weighted by atomic mass is 35.5. The van der Waals surface area contributed by atoms with Gasteiger partial charge in [-0.2, -0.15) is 5.10 Å². The molecule has 0 radical (unpaired) electrons. The number of nitrogens with two attached hydrogens (primary N) is 1. The lowest BCUT2D eigenvalue weighted by Gasteiger charge is -2.06. The SMILES string of the molecule is Nc1n[nH]c(-c2cccc(Cl)c2F)c1-c1ccccn1. The van der Waals surface area contributed by atoms with Gasteiger partial charge in [-0.1, -0.05) is 23.7 Å². The van der Waals surface area contributed by atoms with Gasteiger partial charge in [-0.15, -0.1) is 0 Å². The predicted molar refractivity (Wildman–Crippen MR) is 76.6 cm³/mol. The molecule has 0 saturated carbocycles. The standard InChI is InChI=1S/C14H10ClFN4/c15-9-5-3-4-8(12(9)16)13-11(14(17)20-19-13)10-6-1-2-7-18-10/h1-7H,(H3,17,19,20). The number of aromatic amines is 1. The van der Waals surface area contributed by atoms with E-state index in [1.165, 1.54) is 6.07 Å². The Balaban J connectivity index is 2.24. The zero-order chi connectivity index (χ0) is 14.1. The van der Waals surface area contributed by atoms with Crippen molar-refractivity contribution in [2.45, 2.75) is 0 Å². The first-order valence-corrected chi connectivity index (χ1v) is 6.26. The molecule has 1 aromatic carbocycles. The fourth-order valence-electron chi connectivity index (χ4n) is 2.02. The Hall–Kier alpha value is -2.40. The molecule has 2 aromatic heterocycles. The van der Waals surface area contributed by atoms with Crippen LogP contribution in [0.15, 0.2) is 42.6 Å². The van der Waals surface area contributed by atoms with Gasteiger partial charge in [-0.3, -0.25) is 10.1 Å². The van der Waals surface area contributed by atoms with Gasteiger partial charge in [0.1, 0.15) is 0 Å². The van der Waals surface area contributed by atoms with E-state index in [1.807, 2.05) is 6.07 Å². The molecular weight excluding hydrogens is 279 g/mol. The molecule has 0 fully saturated rings. The lowest BCUT2D eigenvalue weighted by atomic mass is 10.0. The Morgan fingerprint density at radius 2 is 2.00 bits per heavy atom. The minimum atomic E-state index is -0.519. The maximum Gasteiger partial charge on any atom is 0.155 e. The third kappa shape index (κ3) is 2.02. The van der Waals surface area contributed by atoms with Crippen LogP contribution in [-0.2, 0) is 0 Å². The van der Waals surface area contributed by atoms with Crippen LogP contribution >= 0.6 is 11.6 Å². The largest absolute Gasteiger partial charge is 0.382 e. The molecule has 0 spiro atoms. The number of nitrogens with one attached hydrogen (secondary N) is 1. The summed E-state index contributed by atoms with van der Waals surface area (Å²) in [5.41, 5.74) is 7.81. The Morgan fingerprint density at radius 3 is 2.75 bits per heavy atom. The number of nitrogen functional groups attached to an aromatic ring is 1. The summed E-state index contributed by atoms with van der Waals surface area (Å²) in [5, 5.41) is 6.73. The van der Waals surface area contributed by atoms with Crippen LogP contribution in [0.1, 0.15) is 0 Å². The Morgan fingerprint density at radius 1 is 1.15 bits per heavy atom. The number of H-pyrrole nitrogens is 1. The molecule has 0 aliphatic carbocycles. The molecule has 3 aromatic rings. The van der Waals surface area contributed by atoms with Crippen LogP contribution < -0.4 is 5.73 Å². The normalized spacial score (nSPS) is 10.7. The molecule has 4 nitrogen and oxygen atoms in total. The molecular formula is C14H10ClFN4. The third-order valence-electron chi connectivity index (χ3n) is 2.94. The number of benzene rings is 1. The first-order valence-electron chi connectivity index (χ1n) is 5.88. The first-order chi connectivity index (χ1) is 9.68. The van der Waals surface area contributed by atoms with Gasteiger partial charge >= 0.3 is 0 Å². The quantitative estimate of drug-likeness (QED) is 0.758. The molecule has 20 heavy (non-hydrogen) atoms. The van der Waals surface area contributed by atoms with Crippen LogP contribution in [0.5, 0.6) is 0 Å². The smallest absolute Gasteiger partial charge is 0.155 e. The molecule has 0 aliphatic heterocycles. The summed E-state index contributed by atoms with van der Waals surface area (Å²) in [6, 6.07) is 10.2. The Bertz CT molecular complexity index is 755. The molecule has 0 unspecified atom stereocenters. The highest BCUT2D eigenvalue weighted by Gasteiger charge is 2.19. The van der Waals surface area contributed by atoms with Crippen molar-refractivity contribution in [2.75, 3.05) is 5.73 Å². The minimum absolute atomic E-state index is 0.0441. The Labute approximate surface area is 119 Å². The molecule has 0 bridgehead atoms. The van der Waals surface area contributed by atoms with Crippen LogP contribution in [-0.4, -0.2) is 15.2 Å². The summed E-state index contributed by atoms with van der Waals surface area (Å²) >= 11 is 5.81. The summed E-state index contributed by atoms with van der Waals surface area (Å²) in [5.74, 6) is -0.256. The van der Waals surface area contributed by atoms with Gasteiger partial charge in [0, 0.05) is 11.8 Å². The van der Waals surface area contributed by atoms with Gasteiger partial charge in [0.2, 0.25) is 0 Å². The molecule has 2 heterocycles. The van der Waals surface area contributed by atoms with E-state index in [0.29, 0.717) is 22.5 Å². The van der Waals surface area contributed by atoms with Gasteiger partial charge < -0.3 is 5.73 Å². The van der Waals surface area contributed by atoms with E-state index in [0.717, 1.165) is 0 Å². The second kappa shape index (κ2) is 4.94. The highest BCUT2D eigenvalue weighted by Crippen LogP contribution is 2.36. The van der Waals surface area contributed by atoms with Crippen molar-refractivity contribution in [3.05, 3.63) is 53.4 Å². The lowest BCUT2D eigenvalue weighted by Crippen LogP contribution is -1.92. The lowest BCUT2D eigenvalue weighted by molar-refractivity contribution is 0.631. The number of rotatable bonds is 2. The van der Waals surface area contributed by atoms with Crippen molar-refractivity contribution in [1.82, 2.24) is 15.2 Å². The average molecular weight is 289 g/mol. The van der Waals surface area contributed by atoms with E-state index in [-0.39, 0.29) is 10.8 Å². The van der Waals surface area contributed by atoms with Gasteiger partial charge in [-0.05, 0) is 24.3 Å². The number of anilines is 1. The van der Waals surface area contributed by atoms with Crippen LogP contribution in [0.2, 0.25) is 5.02 Å². The molecule has 100 valence electrons. The molecule has 6 heteroatoms. The van der Waals surface area contributed by atoms with Crippen LogP contribution in [0.4, 0.5) is 10.2 Å². The van der Waals surface area contributed by atoms with E-state index >= 15 is 0 Å². The van der Waals surface area contributed by atoms with Crippen molar-refractivity contribution in [2.24, 2.45) is 0 Å². The number of pyridine rings is 1. The zero-order valence-electron chi connectivity index (χ0n) is 10.3. The topological polar surface area (TPSA) is 67.6 Å². The van der Waals surface area contributed by atoms with Crippen molar-refractivity contribution in [3.8, 4) is 22.5 Å². The molecule has 0 aliphatic rings. The summed E-state index contributed by atoms with van der Waals surface area (Å²) < 4.78 is 14.2. The number of aromatic nitrogens is 3. The number of hydrogen-bond acceptors (Lipinski definition) is 3. The fraction of sp³-hybridized carbons (Fsp3) is 0. The van der Waals surface area contributed by atoms with E-state index in [1.54, 1.807) is 30.5 Å². The molecule has 3 N–H and O–H groups in total. The summed E-state index contributed by atoms with van der Waals surface area (Å²) in [6.45, 7) is 0. The fourth-order valence-corrected chi connectivity index (χ4v) is 2.19. The van der Waals surface area contributed by atoms with Crippen molar-refractivity contribution in [1.29, 1.82) is 0 Å². The molecule has 0 atom stereocenters. The predicted octanol–water partition coefficient (Wildman–Crippen LogP) is 3.51. The Kier molecular flexibility index (Phi) is 3.12. The first kappa shape index (κ1) is 12.6. The van der Waals surface area contributed by atoms with Crippen LogP contribution in [0.3, 0.4) is 0 Å². The summed E-state index contributed by atoms with van der Waals surface area (Å²) in [6.07, 6.45) is 1.64. The van der Waals surface area contributed by atoms with Gasteiger partial charge in [0.25, 0.3) is 0 Å². The summed E-state index contributed by atoms with van der Waals surface area (Å²) in [4.78, 5) is 4.22. The zero-order valence-corrected chi connectivity index (χ0v) is 11.0. The highest BCUT2D eigenvalue weighted by molar-refractivity contribution is 6.31. The summed E-state index contributed by atoms with van der Waals surface area (Å²) in [7, 11) is 0. The van der Waals surface area contributed by atoms with E-state index in [9.17, 15) is 4.39 Å². The van der Waals surface area contributed by atoms with Crippen molar-refractivity contribution >= 4 is 17.4 Å². The maximum absolute atomic E-state index is 14.2. The third-order valence-corrected chi connectivity index (χ3v) is 3.23. The van der Waals surface area contributed by atoms with Crippen LogP contribution in [0, 0.1) is 5.82 Å². The monoisotopic (exact) mass is 288 g/mol. The van der Waals surface area contributed by atoms with Crippen LogP contribution in [0.25, 0.3) is 22.5 Å². The maximum atomic E-state index is 14.2. The second-order valence-corrected chi connectivity index (χ2v) is 4.58. The number of nitrogens with zero attached hydrogens (tertiary/aromatic N) is 2. The van der Waals surface area contributed by atoms with Crippen molar-refractivity contribution < 1.29 is 4.39 Å². The number of hydrogen-bond donors (Lipinski definition) is 2. The molecule has 0 amide bonds. The molecule has 0 saturated heterocycles. The van der Waals surface area contributed by atoms with Gasteiger partial charge in [-0.25, -0.2) is 4.39 Å². The van der Waals surface area contributed by atoms with Crippen molar-refractivity contribution in [3.63, 3.8) is 0 Å².